The van der Waals surface area contributed by atoms with E-state index < -0.39 is 5.82 Å². The summed E-state index contributed by atoms with van der Waals surface area (Å²) in [4.78, 5) is 24.9. The topological polar surface area (TPSA) is 62.6 Å². The van der Waals surface area contributed by atoms with Crippen molar-refractivity contribution >= 4 is 34.8 Å². The molecule has 0 spiro atoms. The Kier molecular flexibility index (Phi) is 6.71. The SMILES string of the molecule is Cc1cccc(NC(=O)C[NH+](C)CC(=O)Nc2ccc(Cl)cc2F)c1C. The molecule has 0 fully saturated rings. The van der Waals surface area contributed by atoms with E-state index >= 15 is 0 Å². The molecule has 0 saturated heterocycles. The van der Waals surface area contributed by atoms with E-state index in [-0.39, 0.29) is 35.6 Å². The van der Waals surface area contributed by atoms with E-state index in [1.165, 1.54) is 12.1 Å². The van der Waals surface area contributed by atoms with Gasteiger partial charge in [0.05, 0.1) is 12.7 Å². The normalized spacial score (nSPS) is 11.7. The number of quaternary nitrogens is 1. The van der Waals surface area contributed by atoms with Crippen molar-refractivity contribution in [2.24, 2.45) is 0 Å². The van der Waals surface area contributed by atoms with Crippen LogP contribution in [0.25, 0.3) is 0 Å². The number of amides is 2. The van der Waals surface area contributed by atoms with Crippen LogP contribution in [0.1, 0.15) is 11.1 Å². The predicted octanol–water partition coefficient (Wildman–Crippen LogP) is 2.19. The van der Waals surface area contributed by atoms with Crippen molar-refractivity contribution in [1.82, 2.24) is 0 Å². The molecule has 0 aliphatic rings. The van der Waals surface area contributed by atoms with Crippen LogP contribution >= 0.6 is 11.6 Å². The molecule has 0 aromatic heterocycles. The molecule has 26 heavy (non-hydrogen) atoms. The molecule has 3 N–H and O–H groups in total. The van der Waals surface area contributed by atoms with Crippen LogP contribution in [-0.2, 0) is 9.59 Å². The molecule has 2 amide bonds. The van der Waals surface area contributed by atoms with Gasteiger partial charge in [0.1, 0.15) is 5.82 Å². The Hall–Kier alpha value is -2.44. The summed E-state index contributed by atoms with van der Waals surface area (Å²) in [6.45, 7) is 4.06. The van der Waals surface area contributed by atoms with E-state index in [1.807, 2.05) is 32.0 Å². The molecular formula is C19H22ClFN3O2+. The average molecular weight is 379 g/mol. The fraction of sp³-hybridized carbons (Fsp3) is 0.263. The lowest BCUT2D eigenvalue weighted by Gasteiger charge is -2.15. The van der Waals surface area contributed by atoms with Gasteiger partial charge in [0.15, 0.2) is 13.1 Å². The summed E-state index contributed by atoms with van der Waals surface area (Å²) < 4.78 is 13.7. The molecule has 138 valence electrons. The lowest BCUT2D eigenvalue weighted by molar-refractivity contribution is -0.862. The number of benzene rings is 2. The van der Waals surface area contributed by atoms with Crippen molar-refractivity contribution in [3.8, 4) is 0 Å². The first-order chi connectivity index (χ1) is 12.3. The van der Waals surface area contributed by atoms with Crippen LogP contribution < -0.4 is 15.5 Å². The third kappa shape index (κ3) is 5.54. The molecule has 7 heteroatoms. The molecule has 0 saturated carbocycles. The molecule has 0 aliphatic heterocycles. The Morgan fingerprint density at radius 3 is 2.27 bits per heavy atom. The third-order valence-electron chi connectivity index (χ3n) is 4.01. The molecular weight excluding hydrogens is 357 g/mol. The van der Waals surface area contributed by atoms with Gasteiger partial charge in [-0.25, -0.2) is 4.39 Å². The van der Waals surface area contributed by atoms with E-state index in [2.05, 4.69) is 10.6 Å². The summed E-state index contributed by atoms with van der Waals surface area (Å²) in [7, 11) is 1.72. The van der Waals surface area contributed by atoms with Crippen LogP contribution in [-0.4, -0.2) is 32.0 Å². The molecule has 1 unspecified atom stereocenters. The number of anilines is 2. The molecule has 2 aromatic carbocycles. The van der Waals surface area contributed by atoms with E-state index in [0.29, 0.717) is 4.90 Å². The third-order valence-corrected chi connectivity index (χ3v) is 4.24. The number of nitrogens with one attached hydrogen (secondary N) is 3. The monoisotopic (exact) mass is 378 g/mol. The van der Waals surface area contributed by atoms with E-state index in [1.54, 1.807) is 7.05 Å². The number of carbonyl (C=O) groups is 2. The summed E-state index contributed by atoms with van der Waals surface area (Å²) in [5.74, 6) is -1.18. The Labute approximate surface area is 157 Å². The van der Waals surface area contributed by atoms with Gasteiger partial charge < -0.3 is 15.5 Å². The van der Waals surface area contributed by atoms with Crippen LogP contribution in [0.3, 0.4) is 0 Å². The maximum absolute atomic E-state index is 13.7. The fourth-order valence-electron chi connectivity index (χ4n) is 2.48. The van der Waals surface area contributed by atoms with Crippen LogP contribution in [0.15, 0.2) is 36.4 Å². The van der Waals surface area contributed by atoms with Gasteiger partial charge in [0, 0.05) is 10.7 Å². The molecule has 0 bridgehead atoms. The number of rotatable bonds is 6. The number of hydrogen-bond acceptors (Lipinski definition) is 2. The Morgan fingerprint density at radius 1 is 1.04 bits per heavy atom. The van der Waals surface area contributed by atoms with Crippen molar-refractivity contribution in [2.75, 3.05) is 30.8 Å². The lowest BCUT2D eigenvalue weighted by Crippen LogP contribution is -3.11. The second kappa shape index (κ2) is 8.78. The van der Waals surface area contributed by atoms with E-state index in [0.717, 1.165) is 22.9 Å². The molecule has 1 atom stereocenters. The maximum Gasteiger partial charge on any atom is 0.279 e. The Morgan fingerprint density at radius 2 is 1.65 bits per heavy atom. The number of halogens is 2. The molecule has 5 nitrogen and oxygen atoms in total. The number of carbonyl (C=O) groups excluding carboxylic acids is 2. The standard InChI is InChI=1S/C19H21ClFN3O2/c1-12-5-4-6-16(13(12)2)22-18(25)10-24(3)11-19(26)23-17-8-7-14(20)9-15(17)21/h4-9H,10-11H2,1-3H3,(H,22,25)(H,23,26)/p+1. The minimum atomic E-state index is -0.601. The average Bonchev–Trinajstić information content (AvgIpc) is 2.54. The van der Waals surface area contributed by atoms with Crippen LogP contribution in [0, 0.1) is 19.7 Å². The van der Waals surface area contributed by atoms with Gasteiger partial charge in [-0.05, 0) is 49.2 Å². The van der Waals surface area contributed by atoms with Gasteiger partial charge in [0.25, 0.3) is 11.8 Å². The Balaban J connectivity index is 1.87. The van der Waals surface area contributed by atoms with E-state index in [9.17, 15) is 14.0 Å². The van der Waals surface area contributed by atoms with Crippen molar-refractivity contribution in [1.29, 1.82) is 0 Å². The first-order valence-electron chi connectivity index (χ1n) is 8.18. The first kappa shape index (κ1) is 19.9. The minimum absolute atomic E-state index is 0.0300. The Bertz CT molecular complexity index is 826. The van der Waals surface area contributed by atoms with Crippen LogP contribution in [0.4, 0.5) is 15.8 Å². The largest absolute Gasteiger partial charge is 0.322 e. The molecule has 0 heterocycles. The zero-order chi connectivity index (χ0) is 19.3. The van der Waals surface area contributed by atoms with Gasteiger partial charge >= 0.3 is 0 Å². The number of likely N-dealkylation sites (N-methyl/N-ethyl adjacent to an activating group) is 1. The van der Waals surface area contributed by atoms with Gasteiger partial charge in [-0.1, -0.05) is 23.7 Å². The van der Waals surface area contributed by atoms with E-state index in [4.69, 9.17) is 11.6 Å². The van der Waals surface area contributed by atoms with Gasteiger partial charge in [-0.15, -0.1) is 0 Å². The van der Waals surface area contributed by atoms with Crippen molar-refractivity contribution in [3.05, 3.63) is 58.4 Å². The summed E-state index contributed by atoms with van der Waals surface area (Å²) in [6, 6.07) is 9.72. The highest BCUT2D eigenvalue weighted by Gasteiger charge is 2.16. The highest BCUT2D eigenvalue weighted by atomic mass is 35.5. The van der Waals surface area contributed by atoms with Crippen molar-refractivity contribution < 1.29 is 18.9 Å². The zero-order valence-electron chi connectivity index (χ0n) is 15.0. The summed E-state index contributed by atoms with van der Waals surface area (Å²) in [5.41, 5.74) is 2.92. The van der Waals surface area contributed by atoms with Gasteiger partial charge in [-0.2, -0.15) is 0 Å². The summed E-state index contributed by atoms with van der Waals surface area (Å²) in [5, 5.41) is 5.59. The molecule has 2 rings (SSSR count). The molecule has 2 aromatic rings. The zero-order valence-corrected chi connectivity index (χ0v) is 15.7. The predicted molar refractivity (Wildman–Crippen MR) is 101 cm³/mol. The smallest absolute Gasteiger partial charge is 0.279 e. The number of hydrogen-bond donors (Lipinski definition) is 3. The van der Waals surface area contributed by atoms with Gasteiger partial charge in [0.2, 0.25) is 0 Å². The van der Waals surface area contributed by atoms with Crippen molar-refractivity contribution in [2.45, 2.75) is 13.8 Å². The first-order valence-corrected chi connectivity index (χ1v) is 8.56. The van der Waals surface area contributed by atoms with Crippen molar-refractivity contribution in [3.63, 3.8) is 0 Å². The highest BCUT2D eigenvalue weighted by Crippen LogP contribution is 2.19. The van der Waals surface area contributed by atoms with Crippen LogP contribution in [0.2, 0.25) is 5.02 Å². The second-order valence-electron chi connectivity index (χ2n) is 6.28. The molecule has 0 radical (unpaired) electrons. The molecule has 0 aliphatic carbocycles. The highest BCUT2D eigenvalue weighted by molar-refractivity contribution is 6.30. The minimum Gasteiger partial charge on any atom is -0.322 e. The number of aryl methyl sites for hydroxylation is 1. The van der Waals surface area contributed by atoms with Gasteiger partial charge in [-0.3, -0.25) is 9.59 Å². The quantitative estimate of drug-likeness (QED) is 0.721. The summed E-state index contributed by atoms with van der Waals surface area (Å²) >= 11 is 5.68. The van der Waals surface area contributed by atoms with Crippen LogP contribution in [0.5, 0.6) is 0 Å². The lowest BCUT2D eigenvalue weighted by atomic mass is 10.1. The second-order valence-corrected chi connectivity index (χ2v) is 6.72. The fourth-order valence-corrected chi connectivity index (χ4v) is 2.64. The summed E-state index contributed by atoms with van der Waals surface area (Å²) in [6.07, 6.45) is 0. The maximum atomic E-state index is 13.7.